The Labute approximate surface area is 114 Å². The third-order valence-electron chi connectivity index (χ3n) is 4.35. The molecule has 1 heterocycles. The normalized spacial score (nSPS) is 35.5. The molecule has 1 saturated carbocycles. The number of carboxylic acid groups (broad SMARTS) is 1. The predicted molar refractivity (Wildman–Crippen MR) is 68.1 cm³/mol. The number of rotatable bonds is 3. The van der Waals surface area contributed by atoms with E-state index in [4.69, 9.17) is 0 Å². The first-order chi connectivity index (χ1) is 9.03. The summed E-state index contributed by atoms with van der Waals surface area (Å²) in [6.45, 7) is 1.61. The lowest BCUT2D eigenvalue weighted by Gasteiger charge is -2.38. The van der Waals surface area contributed by atoms with E-state index < -0.39 is 17.3 Å². The fourth-order valence-electron chi connectivity index (χ4n) is 3.31. The lowest BCUT2D eigenvalue weighted by Crippen LogP contribution is -2.51. The van der Waals surface area contributed by atoms with Gasteiger partial charge in [0.25, 0.3) is 0 Å². The number of anilines is 1. The third kappa shape index (κ3) is 1.70. The smallest absolute Gasteiger partial charge is 0.230 e. The number of aliphatic carboxylic acids is 1. The third-order valence-corrected chi connectivity index (χ3v) is 5.03. The van der Waals surface area contributed by atoms with Gasteiger partial charge in [0.05, 0.1) is 5.92 Å². The Kier molecular flexibility index (Phi) is 2.70. The Bertz CT molecular complexity index is 554. The average Bonchev–Trinajstić information content (AvgIpc) is 3.03. The number of allylic oxidation sites excluding steroid dienone is 2. The molecule has 0 aliphatic heterocycles. The molecule has 1 fully saturated rings. The summed E-state index contributed by atoms with van der Waals surface area (Å²) in [6, 6.07) is 0. The zero-order valence-electron chi connectivity index (χ0n) is 10.3. The van der Waals surface area contributed by atoms with Crippen LogP contribution in [-0.2, 0) is 9.59 Å². The fourth-order valence-corrected chi connectivity index (χ4v) is 3.84. The second kappa shape index (κ2) is 4.16. The molecule has 0 saturated heterocycles. The van der Waals surface area contributed by atoms with E-state index in [0.717, 1.165) is 0 Å². The van der Waals surface area contributed by atoms with Gasteiger partial charge < -0.3 is 15.2 Å². The minimum atomic E-state index is -1.15. The fraction of sp³-hybridized carbons (Fsp3) is 0.462. The quantitative estimate of drug-likeness (QED) is 0.823. The van der Waals surface area contributed by atoms with E-state index in [0.29, 0.717) is 11.6 Å². The summed E-state index contributed by atoms with van der Waals surface area (Å²) in [4.78, 5) is 27.8. The van der Waals surface area contributed by atoms with Gasteiger partial charge in [-0.25, -0.2) is 4.98 Å². The van der Waals surface area contributed by atoms with Gasteiger partial charge in [0.2, 0.25) is 5.91 Å². The predicted octanol–water partition coefficient (Wildman–Crippen LogP) is 0.660. The van der Waals surface area contributed by atoms with Crippen LogP contribution in [0.25, 0.3) is 0 Å². The molecule has 4 atom stereocenters. The minimum absolute atomic E-state index is 0.0205. The van der Waals surface area contributed by atoms with E-state index in [2.05, 4.69) is 10.3 Å². The van der Waals surface area contributed by atoms with Crippen molar-refractivity contribution >= 4 is 28.3 Å². The summed E-state index contributed by atoms with van der Waals surface area (Å²) in [6.07, 6.45) is 6.15. The van der Waals surface area contributed by atoms with Crippen LogP contribution >= 0.6 is 11.3 Å². The van der Waals surface area contributed by atoms with E-state index in [9.17, 15) is 14.7 Å². The summed E-state index contributed by atoms with van der Waals surface area (Å²) < 4.78 is 0. The topological polar surface area (TPSA) is 82.1 Å². The second-order valence-corrected chi connectivity index (χ2v) is 6.16. The van der Waals surface area contributed by atoms with E-state index in [1.165, 1.54) is 11.3 Å². The van der Waals surface area contributed by atoms with E-state index >= 15 is 0 Å². The van der Waals surface area contributed by atoms with Gasteiger partial charge in [-0.2, -0.15) is 0 Å². The molecule has 1 aromatic rings. The minimum Gasteiger partial charge on any atom is -0.550 e. The summed E-state index contributed by atoms with van der Waals surface area (Å²) in [5.74, 6) is -2.15. The zero-order valence-corrected chi connectivity index (χ0v) is 11.1. The van der Waals surface area contributed by atoms with Crippen LogP contribution < -0.4 is 10.4 Å². The number of hydrogen-bond donors (Lipinski definition) is 1. The molecule has 1 aromatic heterocycles. The first-order valence-electron chi connectivity index (χ1n) is 6.13. The van der Waals surface area contributed by atoms with Crippen molar-refractivity contribution in [2.45, 2.75) is 13.3 Å². The van der Waals surface area contributed by atoms with Crippen LogP contribution in [0, 0.1) is 23.2 Å². The number of amides is 1. The maximum Gasteiger partial charge on any atom is 0.230 e. The van der Waals surface area contributed by atoms with Crippen molar-refractivity contribution in [3.63, 3.8) is 0 Å². The van der Waals surface area contributed by atoms with Crippen LogP contribution in [0.5, 0.6) is 0 Å². The molecule has 2 aliphatic carbocycles. The van der Waals surface area contributed by atoms with Gasteiger partial charge in [-0.15, -0.1) is 11.3 Å². The maximum atomic E-state index is 12.4. The Morgan fingerprint density at radius 1 is 1.53 bits per heavy atom. The van der Waals surface area contributed by atoms with Gasteiger partial charge >= 0.3 is 0 Å². The van der Waals surface area contributed by atoms with E-state index in [1.807, 2.05) is 12.2 Å². The van der Waals surface area contributed by atoms with Crippen molar-refractivity contribution in [2.75, 3.05) is 5.32 Å². The van der Waals surface area contributed by atoms with Gasteiger partial charge in [-0.1, -0.05) is 19.1 Å². The molecular weight excluding hydrogens is 264 g/mol. The zero-order chi connectivity index (χ0) is 13.6. The lowest BCUT2D eigenvalue weighted by molar-refractivity contribution is -0.321. The van der Waals surface area contributed by atoms with Crippen molar-refractivity contribution in [1.29, 1.82) is 0 Å². The first-order valence-corrected chi connectivity index (χ1v) is 7.01. The molecule has 2 aliphatic rings. The number of aromatic nitrogens is 1. The monoisotopic (exact) mass is 277 g/mol. The van der Waals surface area contributed by atoms with Crippen LogP contribution in [-0.4, -0.2) is 16.9 Å². The van der Waals surface area contributed by atoms with Crippen molar-refractivity contribution in [2.24, 2.45) is 23.2 Å². The maximum absolute atomic E-state index is 12.4. The average molecular weight is 277 g/mol. The summed E-state index contributed by atoms with van der Waals surface area (Å²) in [7, 11) is 0. The van der Waals surface area contributed by atoms with Crippen LogP contribution in [0.15, 0.2) is 23.7 Å². The van der Waals surface area contributed by atoms with Gasteiger partial charge in [-0.05, 0) is 18.3 Å². The lowest BCUT2D eigenvalue weighted by atomic mass is 9.69. The summed E-state index contributed by atoms with van der Waals surface area (Å²) in [5, 5.41) is 16.5. The van der Waals surface area contributed by atoms with Crippen LogP contribution in [0.3, 0.4) is 0 Å². The Morgan fingerprint density at radius 2 is 2.32 bits per heavy atom. The molecule has 100 valence electrons. The molecule has 19 heavy (non-hydrogen) atoms. The van der Waals surface area contributed by atoms with Crippen LogP contribution in [0.2, 0.25) is 0 Å². The van der Waals surface area contributed by atoms with Crippen LogP contribution in [0.4, 0.5) is 5.13 Å². The molecule has 0 spiro atoms. The number of thiazole rings is 1. The molecule has 6 heteroatoms. The molecule has 1 N–H and O–H groups in total. The molecule has 2 bridgehead atoms. The number of carbonyl (C=O) groups excluding carboxylic acids is 2. The highest BCUT2D eigenvalue weighted by Crippen LogP contribution is 2.56. The molecule has 3 rings (SSSR count). The van der Waals surface area contributed by atoms with Gasteiger partial charge in [-0.3, -0.25) is 4.79 Å². The van der Waals surface area contributed by atoms with Crippen molar-refractivity contribution in [1.82, 2.24) is 4.98 Å². The summed E-state index contributed by atoms with van der Waals surface area (Å²) in [5.41, 5.74) is -1.12. The molecular formula is C13H13N2O3S-. The molecule has 0 aromatic carbocycles. The number of fused-ring (bicyclic) bond motifs is 2. The SMILES string of the molecule is C[C@@]1(C(=O)[O-])[C@@H]2C=C[C@H](C2)[C@@H]1C(=O)Nc1nccs1. The van der Waals surface area contributed by atoms with Crippen molar-refractivity contribution in [3.8, 4) is 0 Å². The highest BCUT2D eigenvalue weighted by molar-refractivity contribution is 7.13. The van der Waals surface area contributed by atoms with Crippen molar-refractivity contribution < 1.29 is 14.7 Å². The Morgan fingerprint density at radius 3 is 2.95 bits per heavy atom. The highest BCUT2D eigenvalue weighted by atomic mass is 32.1. The molecule has 1 amide bonds. The Hall–Kier alpha value is -1.69. The molecule has 0 radical (unpaired) electrons. The number of carbonyl (C=O) groups is 2. The number of nitrogens with one attached hydrogen (secondary N) is 1. The van der Waals surface area contributed by atoms with E-state index in [-0.39, 0.29) is 17.7 Å². The Balaban J connectivity index is 1.88. The second-order valence-electron chi connectivity index (χ2n) is 5.27. The number of nitrogens with zero attached hydrogens (tertiary/aromatic N) is 1. The molecule has 0 unspecified atom stereocenters. The van der Waals surface area contributed by atoms with Crippen molar-refractivity contribution in [3.05, 3.63) is 23.7 Å². The van der Waals surface area contributed by atoms with Gasteiger partial charge in [0, 0.05) is 23.0 Å². The van der Waals surface area contributed by atoms with Crippen LogP contribution in [0.1, 0.15) is 13.3 Å². The number of carboxylic acids is 1. The van der Waals surface area contributed by atoms with Gasteiger partial charge in [0.15, 0.2) is 5.13 Å². The largest absolute Gasteiger partial charge is 0.550 e. The molecule has 5 nitrogen and oxygen atoms in total. The standard InChI is InChI=1S/C13H14N2O3S/c1-13(11(17)18)8-3-2-7(6-8)9(13)10(16)15-12-14-4-5-19-12/h2-5,7-9H,6H2,1H3,(H,17,18)(H,14,15,16)/p-1/t7-,8-,9-,13-/m1/s1. The number of hydrogen-bond acceptors (Lipinski definition) is 5. The highest BCUT2D eigenvalue weighted by Gasteiger charge is 2.57. The van der Waals surface area contributed by atoms with Gasteiger partial charge in [0.1, 0.15) is 0 Å². The first kappa shape index (κ1) is 12.3. The van der Waals surface area contributed by atoms with E-state index in [1.54, 1.807) is 18.5 Å². The summed E-state index contributed by atoms with van der Waals surface area (Å²) >= 11 is 1.31.